The predicted molar refractivity (Wildman–Crippen MR) is 95.5 cm³/mol. The number of benzene rings is 1. The van der Waals surface area contributed by atoms with Gasteiger partial charge in [0.05, 0.1) is 5.69 Å². The quantitative estimate of drug-likeness (QED) is 0.723. The van der Waals surface area contributed by atoms with Gasteiger partial charge in [-0.05, 0) is 42.3 Å². The Bertz CT molecular complexity index is 1030. The number of rotatable bonds is 5. The Labute approximate surface area is 158 Å². The van der Waals surface area contributed by atoms with Crippen LogP contribution in [0.2, 0.25) is 0 Å². The molecule has 0 bridgehead atoms. The van der Waals surface area contributed by atoms with Crippen LogP contribution >= 0.6 is 0 Å². The number of aryl methyl sites for hydroxylation is 2. The van der Waals surface area contributed by atoms with Gasteiger partial charge in [0, 0.05) is 30.4 Å². The highest BCUT2D eigenvalue weighted by Crippen LogP contribution is 2.30. The predicted octanol–water partition coefficient (Wildman–Crippen LogP) is 3.49. The molecule has 0 spiro atoms. The fraction of sp³-hybridized carbons (Fsp3) is 0.211. The van der Waals surface area contributed by atoms with E-state index in [2.05, 4.69) is 10.1 Å². The van der Waals surface area contributed by atoms with Gasteiger partial charge in [0.1, 0.15) is 6.61 Å². The maximum absolute atomic E-state index is 12.7. The van der Waals surface area contributed by atoms with Gasteiger partial charge in [-0.1, -0.05) is 6.07 Å². The Balaban J connectivity index is 1.78. The Morgan fingerprint density at radius 2 is 1.96 bits per heavy atom. The molecule has 2 aromatic heterocycles. The van der Waals surface area contributed by atoms with E-state index in [1.165, 1.54) is 7.05 Å². The summed E-state index contributed by atoms with van der Waals surface area (Å²) in [5.41, 5.74) is 7.60. The number of aromatic nitrogens is 3. The Hall–Kier alpha value is -3.36. The maximum Gasteiger partial charge on any atom is 0.435 e. The topological polar surface area (TPSA) is 83.0 Å². The van der Waals surface area contributed by atoms with Crippen LogP contribution < -0.4 is 10.5 Å². The van der Waals surface area contributed by atoms with Crippen LogP contribution in [0.5, 0.6) is 5.88 Å². The number of nitrogens with two attached hydrogens (primary N) is 1. The SMILES string of the molecule is Cc1cc(-c2cc(COc3cc(C(F)(F)F)nn3C)ccn2)ccc1C(N)=O. The second-order valence-corrected chi connectivity index (χ2v) is 6.22. The van der Waals surface area contributed by atoms with Crippen molar-refractivity contribution in [3.8, 4) is 17.1 Å². The number of pyridine rings is 1. The molecule has 2 heterocycles. The number of carbonyl (C=O) groups is 1. The summed E-state index contributed by atoms with van der Waals surface area (Å²) < 4.78 is 44.7. The highest BCUT2D eigenvalue weighted by atomic mass is 19.4. The van der Waals surface area contributed by atoms with E-state index in [9.17, 15) is 18.0 Å². The first-order valence-electron chi connectivity index (χ1n) is 8.25. The third-order valence-electron chi connectivity index (χ3n) is 4.13. The average Bonchev–Trinajstić information content (AvgIpc) is 3.01. The van der Waals surface area contributed by atoms with Gasteiger partial charge in [0.25, 0.3) is 0 Å². The number of alkyl halides is 3. The molecular formula is C19H17F3N4O2. The number of halogens is 3. The number of ether oxygens (including phenoxy) is 1. The van der Waals surface area contributed by atoms with Gasteiger partial charge in [-0.15, -0.1) is 0 Å². The number of hydrogen-bond acceptors (Lipinski definition) is 4. The maximum atomic E-state index is 12.7. The summed E-state index contributed by atoms with van der Waals surface area (Å²) >= 11 is 0. The summed E-state index contributed by atoms with van der Waals surface area (Å²) in [6, 6.07) is 9.48. The zero-order valence-electron chi connectivity index (χ0n) is 15.1. The number of nitrogens with zero attached hydrogens (tertiary/aromatic N) is 3. The van der Waals surface area contributed by atoms with E-state index in [0.29, 0.717) is 11.3 Å². The first-order chi connectivity index (χ1) is 13.1. The lowest BCUT2D eigenvalue weighted by Gasteiger charge is -2.09. The normalized spacial score (nSPS) is 11.5. The van der Waals surface area contributed by atoms with E-state index in [4.69, 9.17) is 10.5 Å². The van der Waals surface area contributed by atoms with Crippen LogP contribution in [0.3, 0.4) is 0 Å². The van der Waals surface area contributed by atoms with Crippen molar-refractivity contribution in [3.05, 3.63) is 65.0 Å². The Kier molecular flexibility index (Phi) is 5.08. The monoisotopic (exact) mass is 390 g/mol. The first-order valence-corrected chi connectivity index (χ1v) is 8.25. The van der Waals surface area contributed by atoms with Crippen LogP contribution in [0.25, 0.3) is 11.3 Å². The van der Waals surface area contributed by atoms with Crippen LogP contribution in [-0.2, 0) is 19.8 Å². The lowest BCUT2D eigenvalue weighted by molar-refractivity contribution is -0.141. The summed E-state index contributed by atoms with van der Waals surface area (Å²) in [7, 11) is 1.38. The van der Waals surface area contributed by atoms with Gasteiger partial charge >= 0.3 is 6.18 Å². The Morgan fingerprint density at radius 1 is 1.21 bits per heavy atom. The van der Waals surface area contributed by atoms with Crippen LogP contribution in [0.4, 0.5) is 13.2 Å². The molecule has 0 aliphatic carbocycles. The van der Waals surface area contributed by atoms with Gasteiger partial charge in [0.15, 0.2) is 5.69 Å². The molecule has 146 valence electrons. The zero-order chi connectivity index (χ0) is 20.5. The lowest BCUT2D eigenvalue weighted by Crippen LogP contribution is -2.12. The van der Waals surface area contributed by atoms with Crippen molar-refractivity contribution >= 4 is 5.91 Å². The second kappa shape index (κ2) is 7.34. The molecule has 0 unspecified atom stereocenters. The summed E-state index contributed by atoms with van der Waals surface area (Å²) in [5.74, 6) is -0.499. The van der Waals surface area contributed by atoms with E-state index < -0.39 is 17.8 Å². The van der Waals surface area contributed by atoms with Gasteiger partial charge in [0.2, 0.25) is 11.8 Å². The molecule has 3 aromatic rings. The highest BCUT2D eigenvalue weighted by molar-refractivity contribution is 5.94. The summed E-state index contributed by atoms with van der Waals surface area (Å²) in [6.07, 6.45) is -2.95. The summed E-state index contributed by atoms with van der Waals surface area (Å²) in [5, 5.41) is 3.41. The number of amides is 1. The summed E-state index contributed by atoms with van der Waals surface area (Å²) in [4.78, 5) is 15.6. The van der Waals surface area contributed by atoms with Crippen molar-refractivity contribution in [2.45, 2.75) is 19.7 Å². The third kappa shape index (κ3) is 4.13. The van der Waals surface area contributed by atoms with E-state index in [-0.39, 0.29) is 12.5 Å². The molecule has 0 radical (unpaired) electrons. The minimum atomic E-state index is -4.53. The average molecular weight is 390 g/mol. The Morgan fingerprint density at radius 3 is 2.57 bits per heavy atom. The minimum absolute atomic E-state index is 0.00680. The van der Waals surface area contributed by atoms with Crippen molar-refractivity contribution in [2.24, 2.45) is 12.8 Å². The summed E-state index contributed by atoms with van der Waals surface area (Å²) in [6.45, 7) is 1.82. The fourth-order valence-corrected chi connectivity index (χ4v) is 2.70. The molecular weight excluding hydrogens is 373 g/mol. The van der Waals surface area contributed by atoms with Crippen LogP contribution in [-0.4, -0.2) is 20.7 Å². The standard InChI is InChI=1S/C19H17F3N4O2/c1-11-7-13(3-4-14(11)18(23)27)15-8-12(5-6-24-15)10-28-17-9-16(19(20,21)22)25-26(17)2/h3-9H,10H2,1-2H3,(H2,23,27). The molecule has 3 rings (SSSR count). The van der Waals surface area contributed by atoms with E-state index >= 15 is 0 Å². The van der Waals surface area contributed by atoms with Crippen molar-refractivity contribution in [2.75, 3.05) is 0 Å². The fourth-order valence-electron chi connectivity index (χ4n) is 2.70. The molecule has 1 aromatic carbocycles. The smallest absolute Gasteiger partial charge is 0.435 e. The van der Waals surface area contributed by atoms with E-state index in [1.54, 1.807) is 43.5 Å². The molecule has 1 amide bonds. The molecule has 9 heteroatoms. The van der Waals surface area contributed by atoms with Gasteiger partial charge in [-0.2, -0.15) is 18.3 Å². The molecule has 0 saturated heterocycles. The van der Waals surface area contributed by atoms with Crippen molar-refractivity contribution < 1.29 is 22.7 Å². The van der Waals surface area contributed by atoms with Gasteiger partial charge in [-0.3, -0.25) is 9.78 Å². The molecule has 6 nitrogen and oxygen atoms in total. The van der Waals surface area contributed by atoms with E-state index in [0.717, 1.165) is 27.4 Å². The molecule has 0 saturated carbocycles. The van der Waals surface area contributed by atoms with Crippen LogP contribution in [0.1, 0.15) is 27.2 Å². The second-order valence-electron chi connectivity index (χ2n) is 6.22. The molecule has 0 aliphatic rings. The third-order valence-corrected chi connectivity index (χ3v) is 4.13. The number of primary amides is 1. The minimum Gasteiger partial charge on any atom is -0.473 e. The first kappa shape index (κ1) is 19.4. The molecule has 0 atom stereocenters. The number of carbonyl (C=O) groups excluding carboxylic acids is 1. The van der Waals surface area contributed by atoms with E-state index in [1.807, 2.05) is 0 Å². The number of hydrogen-bond donors (Lipinski definition) is 1. The van der Waals surface area contributed by atoms with Crippen molar-refractivity contribution in [3.63, 3.8) is 0 Å². The van der Waals surface area contributed by atoms with Crippen molar-refractivity contribution in [1.82, 2.24) is 14.8 Å². The molecule has 28 heavy (non-hydrogen) atoms. The zero-order valence-corrected chi connectivity index (χ0v) is 15.1. The highest BCUT2D eigenvalue weighted by Gasteiger charge is 2.34. The van der Waals surface area contributed by atoms with Crippen molar-refractivity contribution in [1.29, 1.82) is 0 Å². The van der Waals surface area contributed by atoms with Crippen LogP contribution in [0, 0.1) is 6.92 Å². The largest absolute Gasteiger partial charge is 0.473 e. The van der Waals surface area contributed by atoms with Gasteiger partial charge in [-0.25, -0.2) is 4.68 Å². The lowest BCUT2D eigenvalue weighted by atomic mass is 10.0. The molecule has 0 fully saturated rings. The van der Waals surface area contributed by atoms with Crippen LogP contribution in [0.15, 0.2) is 42.6 Å². The molecule has 0 aliphatic heterocycles. The van der Waals surface area contributed by atoms with Gasteiger partial charge < -0.3 is 10.5 Å². The molecule has 2 N–H and O–H groups in total.